The zero-order valence-electron chi connectivity index (χ0n) is 9.14. The van der Waals surface area contributed by atoms with Crippen LogP contribution in [0.4, 0.5) is 0 Å². The predicted molar refractivity (Wildman–Crippen MR) is 61.0 cm³/mol. The van der Waals surface area contributed by atoms with Gasteiger partial charge in [0, 0.05) is 0 Å². The van der Waals surface area contributed by atoms with E-state index < -0.39 is 14.6 Å². The molecule has 0 heterocycles. The summed E-state index contributed by atoms with van der Waals surface area (Å²) in [6, 6.07) is 6.66. The number of aryl methyl sites for hydroxylation is 1. The van der Waals surface area contributed by atoms with Crippen molar-refractivity contribution in [2.24, 2.45) is 0 Å². The van der Waals surface area contributed by atoms with Crippen molar-refractivity contribution in [2.45, 2.75) is 35.8 Å². The summed E-state index contributed by atoms with van der Waals surface area (Å²) in [6.07, 6.45) is 2.31. The molecule has 16 heavy (non-hydrogen) atoms. The first-order valence-electron chi connectivity index (χ1n) is 5.29. The van der Waals surface area contributed by atoms with Crippen molar-refractivity contribution in [3.05, 3.63) is 29.8 Å². The number of carbonyl (C=O) groups is 1. The Morgan fingerprint density at radius 1 is 1.19 bits per heavy atom. The van der Waals surface area contributed by atoms with Crippen LogP contribution >= 0.6 is 0 Å². The molecule has 1 aromatic carbocycles. The van der Waals surface area contributed by atoms with Gasteiger partial charge in [0.2, 0.25) is 0 Å². The van der Waals surface area contributed by atoms with E-state index in [-0.39, 0.29) is 4.90 Å². The average molecular weight is 238 g/mol. The molecule has 0 radical (unpaired) electrons. The zero-order chi connectivity index (χ0) is 11.8. The van der Waals surface area contributed by atoms with Gasteiger partial charge in [-0.2, -0.15) is 0 Å². The molecular weight excluding hydrogens is 224 g/mol. The Morgan fingerprint density at radius 2 is 1.75 bits per heavy atom. The van der Waals surface area contributed by atoms with E-state index in [4.69, 9.17) is 0 Å². The minimum absolute atomic E-state index is 0.255. The molecule has 0 aliphatic heterocycles. The first kappa shape index (κ1) is 11.3. The average Bonchev–Trinajstić information content (AvgIpc) is 2.17. The smallest absolute Gasteiger partial charge is 0.190 e. The van der Waals surface area contributed by atoms with Crippen LogP contribution in [0.15, 0.2) is 29.2 Å². The van der Waals surface area contributed by atoms with Crippen molar-refractivity contribution in [3.8, 4) is 0 Å². The molecule has 2 rings (SSSR count). The molecule has 0 unspecified atom stereocenters. The van der Waals surface area contributed by atoms with Crippen molar-refractivity contribution in [2.75, 3.05) is 0 Å². The van der Waals surface area contributed by atoms with E-state index in [0.717, 1.165) is 12.0 Å². The first-order valence-corrected chi connectivity index (χ1v) is 6.78. The molecule has 0 spiro atoms. The van der Waals surface area contributed by atoms with Crippen LogP contribution in [0, 0.1) is 6.92 Å². The van der Waals surface area contributed by atoms with Crippen LogP contribution in [-0.2, 0) is 14.6 Å². The van der Waals surface area contributed by atoms with E-state index in [1.807, 2.05) is 6.92 Å². The largest absolute Gasteiger partial charge is 0.302 e. The summed E-state index contributed by atoms with van der Waals surface area (Å²) >= 11 is 0. The lowest BCUT2D eigenvalue weighted by Crippen LogP contribution is -2.46. The second-order valence-corrected chi connectivity index (χ2v) is 6.64. The molecule has 3 nitrogen and oxygen atoms in total. The van der Waals surface area contributed by atoms with Crippen LogP contribution in [0.5, 0.6) is 0 Å². The molecule has 0 amide bonds. The van der Waals surface area contributed by atoms with E-state index in [1.54, 1.807) is 24.3 Å². The van der Waals surface area contributed by atoms with Gasteiger partial charge in [-0.15, -0.1) is 0 Å². The van der Waals surface area contributed by atoms with Crippen molar-refractivity contribution in [1.29, 1.82) is 0 Å². The summed E-state index contributed by atoms with van der Waals surface area (Å²) in [5.74, 6) is 0. The molecule has 0 aromatic heterocycles. The second kappa shape index (κ2) is 3.70. The Labute approximate surface area is 95.4 Å². The Bertz CT molecular complexity index is 496. The number of aldehydes is 1. The number of rotatable bonds is 3. The molecular formula is C12H14O3S. The number of hydrogen-bond donors (Lipinski definition) is 0. The van der Waals surface area contributed by atoms with Gasteiger partial charge < -0.3 is 4.79 Å². The summed E-state index contributed by atoms with van der Waals surface area (Å²) < 4.78 is 23.3. The highest BCUT2D eigenvalue weighted by molar-refractivity contribution is 7.93. The highest BCUT2D eigenvalue weighted by Crippen LogP contribution is 2.41. The summed E-state index contributed by atoms with van der Waals surface area (Å²) in [5, 5.41) is 0. The van der Waals surface area contributed by atoms with Gasteiger partial charge in [-0.3, -0.25) is 0 Å². The minimum atomic E-state index is -3.50. The number of carbonyl (C=O) groups excluding carboxylic acids is 1. The molecule has 0 atom stereocenters. The van der Waals surface area contributed by atoms with Crippen LogP contribution in [0.3, 0.4) is 0 Å². The molecule has 86 valence electrons. The number of benzene rings is 1. The van der Waals surface area contributed by atoms with E-state index in [2.05, 4.69) is 0 Å². The van der Waals surface area contributed by atoms with E-state index >= 15 is 0 Å². The van der Waals surface area contributed by atoms with Crippen LogP contribution in [0.25, 0.3) is 0 Å². The Hall–Kier alpha value is -1.16. The third kappa shape index (κ3) is 1.48. The fraction of sp³-hybridized carbons (Fsp3) is 0.417. The second-order valence-electron chi connectivity index (χ2n) is 4.35. The fourth-order valence-electron chi connectivity index (χ4n) is 1.93. The first-order chi connectivity index (χ1) is 7.52. The van der Waals surface area contributed by atoms with E-state index in [0.29, 0.717) is 19.1 Å². The Kier molecular flexibility index (Phi) is 2.62. The highest BCUT2D eigenvalue weighted by atomic mass is 32.2. The van der Waals surface area contributed by atoms with Gasteiger partial charge in [0.15, 0.2) is 9.84 Å². The highest BCUT2D eigenvalue weighted by Gasteiger charge is 2.49. The molecule has 4 heteroatoms. The number of hydrogen-bond acceptors (Lipinski definition) is 3. The maximum Gasteiger partial charge on any atom is 0.190 e. The molecule has 0 N–H and O–H groups in total. The van der Waals surface area contributed by atoms with Crippen LogP contribution in [-0.4, -0.2) is 19.5 Å². The fourth-order valence-corrected chi connectivity index (χ4v) is 3.84. The standard InChI is InChI=1S/C12H14O3S/c1-10-3-5-11(6-4-10)16(14,15)12(9-13)7-2-8-12/h3-6,9H,2,7-8H2,1H3. The van der Waals surface area contributed by atoms with Crippen molar-refractivity contribution in [1.82, 2.24) is 0 Å². The maximum absolute atomic E-state index is 12.2. The van der Waals surface area contributed by atoms with Gasteiger partial charge in [0.05, 0.1) is 4.90 Å². The normalized spacial score (nSPS) is 18.8. The van der Waals surface area contributed by atoms with Gasteiger partial charge in [0.25, 0.3) is 0 Å². The predicted octanol–water partition coefficient (Wildman–Crippen LogP) is 1.89. The quantitative estimate of drug-likeness (QED) is 0.756. The van der Waals surface area contributed by atoms with Crippen LogP contribution in [0.2, 0.25) is 0 Å². The van der Waals surface area contributed by atoms with Crippen molar-refractivity contribution < 1.29 is 13.2 Å². The molecule has 1 aliphatic carbocycles. The van der Waals surface area contributed by atoms with Gasteiger partial charge in [-0.25, -0.2) is 8.42 Å². The van der Waals surface area contributed by atoms with E-state index in [9.17, 15) is 13.2 Å². The lowest BCUT2D eigenvalue weighted by molar-refractivity contribution is -0.111. The maximum atomic E-state index is 12.2. The SMILES string of the molecule is Cc1ccc(S(=O)(=O)C2(C=O)CCC2)cc1. The molecule has 1 fully saturated rings. The monoisotopic (exact) mass is 238 g/mol. The summed E-state index contributed by atoms with van der Waals surface area (Å²) in [6.45, 7) is 1.90. The van der Waals surface area contributed by atoms with Gasteiger partial charge in [-0.05, 0) is 38.3 Å². The molecule has 1 aliphatic rings. The van der Waals surface area contributed by atoms with Crippen LogP contribution < -0.4 is 0 Å². The minimum Gasteiger partial charge on any atom is -0.302 e. The Morgan fingerprint density at radius 3 is 2.12 bits per heavy atom. The van der Waals surface area contributed by atoms with Crippen molar-refractivity contribution in [3.63, 3.8) is 0 Å². The number of sulfone groups is 1. The summed E-state index contributed by atoms with van der Waals surface area (Å²) in [4.78, 5) is 11.3. The van der Waals surface area contributed by atoms with Gasteiger partial charge >= 0.3 is 0 Å². The van der Waals surface area contributed by atoms with Crippen molar-refractivity contribution >= 4 is 16.1 Å². The lowest BCUT2D eigenvalue weighted by Gasteiger charge is -2.35. The summed E-state index contributed by atoms with van der Waals surface area (Å²) in [5.41, 5.74) is 1.01. The van der Waals surface area contributed by atoms with Gasteiger partial charge in [-0.1, -0.05) is 17.7 Å². The molecule has 1 aromatic rings. The lowest BCUT2D eigenvalue weighted by atomic mass is 9.86. The molecule has 0 saturated heterocycles. The molecule has 0 bridgehead atoms. The topological polar surface area (TPSA) is 51.2 Å². The Balaban J connectivity index is 2.46. The molecule has 1 saturated carbocycles. The van der Waals surface area contributed by atoms with E-state index in [1.165, 1.54) is 0 Å². The summed E-state index contributed by atoms with van der Waals surface area (Å²) in [7, 11) is -3.50. The van der Waals surface area contributed by atoms with Gasteiger partial charge in [0.1, 0.15) is 11.0 Å². The third-order valence-corrected chi connectivity index (χ3v) is 5.75. The third-order valence-electron chi connectivity index (χ3n) is 3.28. The van der Waals surface area contributed by atoms with Crippen LogP contribution in [0.1, 0.15) is 24.8 Å². The zero-order valence-corrected chi connectivity index (χ0v) is 9.96.